The van der Waals surface area contributed by atoms with Crippen molar-refractivity contribution in [3.8, 4) is 23.0 Å². The Morgan fingerprint density at radius 2 is 2.00 bits per heavy atom. The van der Waals surface area contributed by atoms with Crippen LogP contribution in [0.25, 0.3) is 22.0 Å². The molecule has 34 heavy (non-hydrogen) atoms. The second kappa shape index (κ2) is 9.82. The lowest BCUT2D eigenvalue weighted by atomic mass is 9.94. The molecule has 1 N–H and O–H groups in total. The zero-order valence-corrected chi connectivity index (χ0v) is 19.0. The van der Waals surface area contributed by atoms with Crippen LogP contribution in [0.5, 0.6) is 0 Å². The Bertz CT molecular complexity index is 1370. The standard InChI is InChI=1S/C28H25N5O/c1-2-3-14-33-15-6-7-25(33)24-17-22(16-23-18-29-19-31-27(23)24)20-9-11-21(12-10-20)28(34)32-26-8-4-5-13-30-26/h4-5,8-13,16-19,25H,6-7,14-15H2,1H3,(H,30,32,34). The molecule has 1 amide bonds. The predicted octanol–water partition coefficient (Wildman–Crippen LogP) is 5.10. The molecule has 1 unspecified atom stereocenters. The smallest absolute Gasteiger partial charge is 0.256 e. The number of nitrogens with one attached hydrogen (secondary N) is 1. The quantitative estimate of drug-likeness (QED) is 0.431. The van der Waals surface area contributed by atoms with Crippen LogP contribution in [-0.4, -0.2) is 38.8 Å². The van der Waals surface area contributed by atoms with E-state index in [9.17, 15) is 4.79 Å². The Labute approximate surface area is 199 Å². The van der Waals surface area contributed by atoms with Crippen LogP contribution >= 0.6 is 0 Å². The van der Waals surface area contributed by atoms with E-state index in [1.807, 2.05) is 49.5 Å². The molecule has 3 heterocycles. The first-order chi connectivity index (χ1) is 16.7. The molecule has 1 atom stereocenters. The van der Waals surface area contributed by atoms with E-state index < -0.39 is 0 Å². The summed E-state index contributed by atoms with van der Waals surface area (Å²) >= 11 is 0. The zero-order valence-electron chi connectivity index (χ0n) is 19.0. The molecule has 2 aromatic carbocycles. The molecule has 168 valence electrons. The molecular weight excluding hydrogens is 422 g/mol. The third-order valence-electron chi connectivity index (χ3n) is 6.20. The summed E-state index contributed by atoms with van der Waals surface area (Å²) in [6, 6.07) is 17.7. The molecule has 1 aliphatic heterocycles. The van der Waals surface area contributed by atoms with Crippen molar-refractivity contribution >= 4 is 22.6 Å². The van der Waals surface area contributed by atoms with Gasteiger partial charge in [0.15, 0.2) is 0 Å². The fourth-order valence-electron chi connectivity index (χ4n) is 4.54. The van der Waals surface area contributed by atoms with E-state index in [2.05, 4.69) is 49.1 Å². The lowest BCUT2D eigenvalue weighted by Crippen LogP contribution is -2.24. The number of likely N-dealkylation sites (tertiary alicyclic amines) is 1. The summed E-state index contributed by atoms with van der Waals surface area (Å²) in [5, 5.41) is 3.84. The van der Waals surface area contributed by atoms with Gasteiger partial charge in [0, 0.05) is 29.4 Å². The number of carbonyl (C=O) groups excluding carboxylic acids is 1. The van der Waals surface area contributed by atoms with Crippen molar-refractivity contribution in [1.29, 1.82) is 0 Å². The molecule has 0 radical (unpaired) electrons. The van der Waals surface area contributed by atoms with Gasteiger partial charge in [-0.1, -0.05) is 24.1 Å². The molecule has 0 spiro atoms. The average molecular weight is 448 g/mol. The number of rotatable bonds is 5. The highest BCUT2D eigenvalue weighted by atomic mass is 16.1. The first-order valence-corrected chi connectivity index (χ1v) is 11.4. The van der Waals surface area contributed by atoms with E-state index >= 15 is 0 Å². The van der Waals surface area contributed by atoms with Gasteiger partial charge in [0.1, 0.15) is 12.1 Å². The normalized spacial score (nSPS) is 15.6. The maximum atomic E-state index is 12.6. The number of carbonyl (C=O) groups is 1. The molecular formula is C28H25N5O. The highest BCUT2D eigenvalue weighted by Crippen LogP contribution is 2.37. The summed E-state index contributed by atoms with van der Waals surface area (Å²) < 4.78 is 0. The lowest BCUT2D eigenvalue weighted by molar-refractivity contribution is 0.102. The molecule has 1 saturated heterocycles. The number of amides is 1. The molecule has 0 aliphatic carbocycles. The van der Waals surface area contributed by atoms with Gasteiger partial charge >= 0.3 is 0 Å². The van der Waals surface area contributed by atoms with Gasteiger partial charge in [0.05, 0.1) is 12.1 Å². The fraction of sp³-hybridized carbons (Fsp3) is 0.214. The van der Waals surface area contributed by atoms with Crippen LogP contribution in [0.2, 0.25) is 0 Å². The largest absolute Gasteiger partial charge is 0.307 e. The van der Waals surface area contributed by atoms with Gasteiger partial charge in [0.2, 0.25) is 0 Å². The molecule has 0 bridgehead atoms. The number of hydrogen-bond acceptors (Lipinski definition) is 5. The van der Waals surface area contributed by atoms with E-state index in [4.69, 9.17) is 0 Å². The van der Waals surface area contributed by atoms with Crippen LogP contribution in [-0.2, 0) is 0 Å². The summed E-state index contributed by atoms with van der Waals surface area (Å²) in [6.07, 6.45) is 7.37. The highest BCUT2D eigenvalue weighted by Gasteiger charge is 2.27. The molecule has 4 aromatic rings. The second-order valence-electron chi connectivity index (χ2n) is 8.33. The second-order valence-corrected chi connectivity index (χ2v) is 8.33. The first kappa shape index (κ1) is 21.7. The minimum Gasteiger partial charge on any atom is -0.307 e. The SMILES string of the molecule is CC#CCN1CCCC1c1cc(-c2ccc(C(=O)Nc3ccccn3)cc2)cc2cncnc12. The van der Waals surface area contributed by atoms with Crippen LogP contribution in [0.1, 0.15) is 41.7 Å². The van der Waals surface area contributed by atoms with Crippen LogP contribution in [0, 0.1) is 11.8 Å². The minimum atomic E-state index is -0.184. The maximum Gasteiger partial charge on any atom is 0.256 e. The molecule has 0 saturated carbocycles. The van der Waals surface area contributed by atoms with Crippen molar-refractivity contribution < 1.29 is 4.79 Å². The van der Waals surface area contributed by atoms with Gasteiger partial charge in [-0.05, 0) is 79.4 Å². The van der Waals surface area contributed by atoms with Gasteiger partial charge in [-0.2, -0.15) is 0 Å². The van der Waals surface area contributed by atoms with Crippen LogP contribution in [0.4, 0.5) is 5.82 Å². The van der Waals surface area contributed by atoms with E-state index in [1.54, 1.807) is 18.6 Å². The van der Waals surface area contributed by atoms with E-state index in [-0.39, 0.29) is 11.9 Å². The molecule has 1 aliphatic rings. The molecule has 1 fully saturated rings. The minimum absolute atomic E-state index is 0.184. The number of fused-ring (bicyclic) bond motifs is 1. The van der Waals surface area contributed by atoms with Gasteiger partial charge in [-0.3, -0.25) is 9.69 Å². The van der Waals surface area contributed by atoms with Gasteiger partial charge in [0.25, 0.3) is 5.91 Å². The topological polar surface area (TPSA) is 71.0 Å². The third-order valence-corrected chi connectivity index (χ3v) is 6.20. The summed E-state index contributed by atoms with van der Waals surface area (Å²) in [4.78, 5) is 28.1. The van der Waals surface area contributed by atoms with E-state index in [1.165, 1.54) is 5.56 Å². The Morgan fingerprint density at radius 1 is 1.12 bits per heavy atom. The summed E-state index contributed by atoms with van der Waals surface area (Å²) in [7, 11) is 0. The molecule has 2 aromatic heterocycles. The van der Waals surface area contributed by atoms with Crippen molar-refractivity contribution in [2.75, 3.05) is 18.4 Å². The van der Waals surface area contributed by atoms with Crippen molar-refractivity contribution in [3.05, 3.63) is 84.4 Å². The maximum absolute atomic E-state index is 12.6. The monoisotopic (exact) mass is 447 g/mol. The highest BCUT2D eigenvalue weighted by molar-refractivity contribution is 6.04. The fourth-order valence-corrected chi connectivity index (χ4v) is 4.54. The van der Waals surface area contributed by atoms with Gasteiger partial charge in [-0.25, -0.2) is 15.0 Å². The Morgan fingerprint density at radius 3 is 2.79 bits per heavy atom. The van der Waals surface area contributed by atoms with Crippen LogP contribution in [0.15, 0.2) is 73.3 Å². The average Bonchev–Trinajstić information content (AvgIpc) is 3.36. The summed E-state index contributed by atoms with van der Waals surface area (Å²) in [6.45, 7) is 3.68. The third kappa shape index (κ3) is 4.52. The zero-order chi connectivity index (χ0) is 23.3. The number of anilines is 1. The van der Waals surface area contributed by atoms with Crippen LogP contribution < -0.4 is 5.32 Å². The first-order valence-electron chi connectivity index (χ1n) is 11.4. The lowest BCUT2D eigenvalue weighted by Gasteiger charge is -2.24. The number of aromatic nitrogens is 3. The Balaban J connectivity index is 1.47. The van der Waals surface area contributed by atoms with E-state index in [0.717, 1.165) is 48.0 Å². The number of hydrogen-bond donors (Lipinski definition) is 1. The van der Waals surface area contributed by atoms with Crippen LogP contribution in [0.3, 0.4) is 0 Å². The number of nitrogens with zero attached hydrogens (tertiary/aromatic N) is 4. The van der Waals surface area contributed by atoms with E-state index in [0.29, 0.717) is 11.4 Å². The van der Waals surface area contributed by atoms with Crippen molar-refractivity contribution in [2.24, 2.45) is 0 Å². The Kier molecular flexibility index (Phi) is 6.28. The van der Waals surface area contributed by atoms with Crippen molar-refractivity contribution in [2.45, 2.75) is 25.8 Å². The molecule has 6 nitrogen and oxygen atoms in total. The summed E-state index contributed by atoms with van der Waals surface area (Å²) in [5.41, 5.74) is 4.91. The molecule has 6 heteroatoms. The molecule has 5 rings (SSSR count). The van der Waals surface area contributed by atoms with Crippen molar-refractivity contribution in [1.82, 2.24) is 19.9 Å². The van der Waals surface area contributed by atoms with Gasteiger partial charge < -0.3 is 5.32 Å². The van der Waals surface area contributed by atoms with Crippen molar-refractivity contribution in [3.63, 3.8) is 0 Å². The number of pyridine rings is 1. The Hall–Kier alpha value is -4.08. The predicted molar refractivity (Wildman–Crippen MR) is 134 cm³/mol. The van der Waals surface area contributed by atoms with Gasteiger partial charge in [-0.15, -0.1) is 5.92 Å². The number of benzene rings is 2. The summed E-state index contributed by atoms with van der Waals surface area (Å²) in [5.74, 6) is 6.58.